The molecule has 0 saturated carbocycles. The van der Waals surface area contributed by atoms with Crippen LogP contribution in [0.25, 0.3) is 10.9 Å². The maximum absolute atomic E-state index is 9.06. The first-order chi connectivity index (χ1) is 7.35. The van der Waals surface area contributed by atoms with Crippen LogP contribution in [-0.4, -0.2) is 9.67 Å². The van der Waals surface area contributed by atoms with Gasteiger partial charge in [-0.25, -0.2) is 0 Å². The number of aliphatic hydroxyl groups is 1. The largest absolute Gasteiger partial charge is 0.392 e. The molecule has 1 aromatic carbocycles. The summed E-state index contributed by atoms with van der Waals surface area (Å²) in [5.41, 5.74) is 2.07. The molecule has 2 nitrogen and oxygen atoms in total. The van der Waals surface area contributed by atoms with Crippen LogP contribution >= 0.6 is 0 Å². The Morgan fingerprint density at radius 1 is 1.33 bits per heavy atom. The molecule has 15 heavy (non-hydrogen) atoms. The Hall–Kier alpha value is -1.72. The second kappa shape index (κ2) is 4.20. The summed E-state index contributed by atoms with van der Waals surface area (Å²) < 4.78 is 2.09. The Morgan fingerprint density at radius 3 is 2.93 bits per heavy atom. The molecule has 2 aromatic rings. The summed E-state index contributed by atoms with van der Waals surface area (Å²) in [5.74, 6) is 5.91. The minimum atomic E-state index is 0.0839. The summed E-state index contributed by atoms with van der Waals surface area (Å²) >= 11 is 0. The Bertz CT molecular complexity index is 528. The molecule has 0 aliphatic carbocycles. The standard InChI is InChI=1S/C13H13NO/c1-2-3-7-14-8-6-12-5-4-11(10-15)9-13(12)14/h4-6,8-9,15H,7,10H2,1H3. The van der Waals surface area contributed by atoms with Gasteiger partial charge in [-0.1, -0.05) is 18.1 Å². The van der Waals surface area contributed by atoms with Crippen LogP contribution in [0.3, 0.4) is 0 Å². The lowest BCUT2D eigenvalue weighted by Gasteiger charge is -2.01. The van der Waals surface area contributed by atoms with Crippen molar-refractivity contribution in [3.63, 3.8) is 0 Å². The van der Waals surface area contributed by atoms with Crippen molar-refractivity contribution < 1.29 is 5.11 Å². The Labute approximate surface area is 89.2 Å². The molecule has 0 bridgehead atoms. The summed E-state index contributed by atoms with van der Waals surface area (Å²) in [6.45, 7) is 2.63. The molecule has 0 spiro atoms. The number of aromatic nitrogens is 1. The van der Waals surface area contributed by atoms with Crippen molar-refractivity contribution in [1.82, 2.24) is 4.57 Å². The lowest BCUT2D eigenvalue weighted by atomic mass is 10.2. The lowest BCUT2D eigenvalue weighted by molar-refractivity contribution is 0.282. The van der Waals surface area contributed by atoms with E-state index < -0.39 is 0 Å². The van der Waals surface area contributed by atoms with Crippen LogP contribution in [0.2, 0.25) is 0 Å². The smallest absolute Gasteiger partial charge is 0.0837 e. The predicted molar refractivity (Wildman–Crippen MR) is 61.3 cm³/mol. The van der Waals surface area contributed by atoms with Crippen LogP contribution < -0.4 is 0 Å². The second-order valence-electron chi connectivity index (χ2n) is 3.42. The summed E-state index contributed by atoms with van der Waals surface area (Å²) in [6, 6.07) is 8.04. The molecule has 1 aromatic heterocycles. The fraction of sp³-hybridized carbons (Fsp3) is 0.231. The SMILES string of the molecule is CC#CCn1ccc2ccc(CO)cc21. The third-order valence-corrected chi connectivity index (χ3v) is 2.45. The zero-order valence-electron chi connectivity index (χ0n) is 8.70. The molecule has 1 N–H and O–H groups in total. The van der Waals surface area contributed by atoms with Crippen LogP contribution in [0.1, 0.15) is 12.5 Å². The van der Waals surface area contributed by atoms with Gasteiger partial charge < -0.3 is 9.67 Å². The molecule has 0 unspecified atom stereocenters. The first kappa shape index (κ1) is 9.82. The second-order valence-corrected chi connectivity index (χ2v) is 3.42. The van der Waals surface area contributed by atoms with Gasteiger partial charge in [0.25, 0.3) is 0 Å². The summed E-state index contributed by atoms with van der Waals surface area (Å²) in [5, 5.41) is 10.2. The molecule has 2 rings (SSSR count). The van der Waals surface area contributed by atoms with E-state index in [1.165, 1.54) is 5.39 Å². The zero-order chi connectivity index (χ0) is 10.7. The number of aliphatic hydroxyl groups excluding tert-OH is 1. The van der Waals surface area contributed by atoms with Gasteiger partial charge in [0.05, 0.1) is 13.2 Å². The highest BCUT2D eigenvalue weighted by atomic mass is 16.3. The van der Waals surface area contributed by atoms with Crippen molar-refractivity contribution in [3.05, 3.63) is 36.0 Å². The van der Waals surface area contributed by atoms with Crippen molar-refractivity contribution in [2.24, 2.45) is 0 Å². The van der Waals surface area contributed by atoms with Crippen molar-refractivity contribution >= 4 is 10.9 Å². The molecule has 76 valence electrons. The van der Waals surface area contributed by atoms with E-state index in [4.69, 9.17) is 5.11 Å². The van der Waals surface area contributed by atoms with Gasteiger partial charge in [-0.2, -0.15) is 0 Å². The molecule has 2 heteroatoms. The average molecular weight is 199 g/mol. The molecular formula is C13H13NO. The fourth-order valence-corrected chi connectivity index (χ4v) is 1.63. The Kier molecular flexibility index (Phi) is 2.75. The summed E-state index contributed by atoms with van der Waals surface area (Å²) in [4.78, 5) is 0. The van der Waals surface area contributed by atoms with Gasteiger partial charge in [0.2, 0.25) is 0 Å². The van der Waals surface area contributed by atoms with Crippen LogP contribution in [0, 0.1) is 11.8 Å². The first-order valence-electron chi connectivity index (χ1n) is 4.93. The quantitative estimate of drug-likeness (QED) is 0.737. The maximum Gasteiger partial charge on any atom is 0.0837 e. The van der Waals surface area contributed by atoms with Crippen LogP contribution in [-0.2, 0) is 13.2 Å². The highest BCUT2D eigenvalue weighted by molar-refractivity contribution is 5.80. The van der Waals surface area contributed by atoms with Crippen LogP contribution in [0.4, 0.5) is 0 Å². The monoisotopic (exact) mass is 199 g/mol. The number of fused-ring (bicyclic) bond motifs is 1. The molecule has 0 atom stereocenters. The number of rotatable bonds is 2. The van der Waals surface area contributed by atoms with Crippen LogP contribution in [0.5, 0.6) is 0 Å². The molecule has 0 radical (unpaired) electrons. The van der Waals surface area contributed by atoms with Crippen molar-refractivity contribution in [3.8, 4) is 11.8 Å². The predicted octanol–water partition coefficient (Wildman–Crippen LogP) is 2.16. The van der Waals surface area contributed by atoms with Gasteiger partial charge in [-0.15, -0.1) is 5.92 Å². The molecule has 0 aliphatic rings. The zero-order valence-corrected chi connectivity index (χ0v) is 8.70. The number of nitrogens with zero attached hydrogens (tertiary/aromatic N) is 1. The number of benzene rings is 1. The molecule has 0 aliphatic heterocycles. The minimum Gasteiger partial charge on any atom is -0.392 e. The molecule has 0 amide bonds. The lowest BCUT2D eigenvalue weighted by Crippen LogP contribution is -1.93. The average Bonchev–Trinajstić information content (AvgIpc) is 2.68. The molecule has 1 heterocycles. The first-order valence-corrected chi connectivity index (χ1v) is 4.93. The normalized spacial score (nSPS) is 10.0. The highest BCUT2D eigenvalue weighted by Crippen LogP contribution is 2.17. The molecule has 0 saturated heterocycles. The summed E-state index contributed by atoms with van der Waals surface area (Å²) in [6.07, 6.45) is 2.02. The van der Waals surface area contributed by atoms with E-state index in [9.17, 15) is 0 Å². The minimum absolute atomic E-state index is 0.0839. The van der Waals surface area contributed by atoms with Crippen LogP contribution in [0.15, 0.2) is 30.5 Å². The van der Waals surface area contributed by atoms with Gasteiger partial charge >= 0.3 is 0 Å². The van der Waals surface area contributed by atoms with E-state index in [-0.39, 0.29) is 6.61 Å². The van der Waals surface area contributed by atoms with Crippen molar-refractivity contribution in [1.29, 1.82) is 0 Å². The Morgan fingerprint density at radius 2 is 2.20 bits per heavy atom. The van der Waals surface area contributed by atoms with E-state index >= 15 is 0 Å². The number of hydrogen-bond acceptors (Lipinski definition) is 1. The van der Waals surface area contributed by atoms with Gasteiger partial charge in [0.15, 0.2) is 0 Å². The molecular weight excluding hydrogens is 186 g/mol. The van der Waals surface area contributed by atoms with Crippen molar-refractivity contribution in [2.75, 3.05) is 0 Å². The molecule has 0 fully saturated rings. The van der Waals surface area contributed by atoms with Gasteiger partial charge in [-0.05, 0) is 30.0 Å². The van der Waals surface area contributed by atoms with E-state index in [0.717, 1.165) is 11.1 Å². The topological polar surface area (TPSA) is 25.2 Å². The van der Waals surface area contributed by atoms with Gasteiger partial charge in [0.1, 0.15) is 0 Å². The third-order valence-electron chi connectivity index (χ3n) is 2.45. The van der Waals surface area contributed by atoms with Gasteiger partial charge in [-0.3, -0.25) is 0 Å². The van der Waals surface area contributed by atoms with E-state index in [0.29, 0.717) is 6.54 Å². The van der Waals surface area contributed by atoms with Gasteiger partial charge in [0, 0.05) is 11.7 Å². The fourth-order valence-electron chi connectivity index (χ4n) is 1.63. The van der Waals surface area contributed by atoms with Crippen molar-refractivity contribution in [2.45, 2.75) is 20.1 Å². The third kappa shape index (κ3) is 1.88. The maximum atomic E-state index is 9.06. The number of hydrogen-bond donors (Lipinski definition) is 1. The van der Waals surface area contributed by atoms with E-state index in [1.54, 1.807) is 0 Å². The Balaban J connectivity index is 2.49. The van der Waals surface area contributed by atoms with E-state index in [2.05, 4.69) is 22.5 Å². The highest BCUT2D eigenvalue weighted by Gasteiger charge is 2.00. The van der Waals surface area contributed by atoms with E-state index in [1.807, 2.05) is 31.3 Å². The summed E-state index contributed by atoms with van der Waals surface area (Å²) in [7, 11) is 0.